The zero-order valence-corrected chi connectivity index (χ0v) is 14.2. The molecule has 9 heteroatoms. The lowest BCUT2D eigenvalue weighted by Gasteiger charge is -2.12. The molecule has 1 aromatic carbocycles. The topological polar surface area (TPSA) is 115 Å². The average Bonchev–Trinajstić information content (AvgIpc) is 3.29. The van der Waals surface area contributed by atoms with E-state index in [4.69, 9.17) is 9.84 Å². The number of hydrogen-bond donors (Lipinski definition) is 2. The normalized spacial score (nSPS) is 19.6. The summed E-state index contributed by atoms with van der Waals surface area (Å²) in [5.41, 5.74) is 1.98. The van der Waals surface area contributed by atoms with Crippen LogP contribution in [0.15, 0.2) is 30.5 Å². The summed E-state index contributed by atoms with van der Waals surface area (Å²) in [6.07, 6.45) is 3.64. The Morgan fingerprint density at radius 3 is 2.81 bits per heavy atom. The second-order valence-corrected chi connectivity index (χ2v) is 6.29. The van der Waals surface area contributed by atoms with Crippen molar-refractivity contribution >= 4 is 23.1 Å². The molecule has 0 spiro atoms. The van der Waals surface area contributed by atoms with E-state index in [-0.39, 0.29) is 12.0 Å². The maximum atomic E-state index is 11.1. The number of carboxylic acids is 1. The van der Waals surface area contributed by atoms with Crippen molar-refractivity contribution in [2.75, 3.05) is 12.4 Å². The molecule has 1 fully saturated rings. The van der Waals surface area contributed by atoms with Gasteiger partial charge in [-0.1, -0.05) is 5.21 Å². The maximum absolute atomic E-state index is 11.1. The van der Waals surface area contributed by atoms with Gasteiger partial charge in [0, 0.05) is 6.04 Å². The van der Waals surface area contributed by atoms with E-state index in [9.17, 15) is 4.79 Å². The van der Waals surface area contributed by atoms with Crippen molar-refractivity contribution in [3.05, 3.63) is 30.5 Å². The van der Waals surface area contributed by atoms with Gasteiger partial charge >= 0.3 is 5.97 Å². The summed E-state index contributed by atoms with van der Waals surface area (Å²) in [7, 11) is 1.61. The number of methoxy groups -OCH3 is 1. The molecule has 4 rings (SSSR count). The minimum Gasteiger partial charge on any atom is -0.497 e. The highest BCUT2D eigenvalue weighted by molar-refractivity contribution is 5.72. The predicted octanol–water partition coefficient (Wildman–Crippen LogP) is 1.88. The third-order valence-corrected chi connectivity index (χ3v) is 4.62. The Hall–Kier alpha value is -3.23. The molecular formula is C17H18N6O3. The Morgan fingerprint density at radius 1 is 1.31 bits per heavy atom. The molecule has 2 atom stereocenters. The number of aliphatic carboxylic acids is 1. The van der Waals surface area contributed by atoms with Gasteiger partial charge in [0.1, 0.15) is 5.75 Å². The number of anilines is 1. The monoisotopic (exact) mass is 354 g/mol. The molecule has 26 heavy (non-hydrogen) atoms. The molecule has 0 amide bonds. The number of fused-ring (bicyclic) bond motifs is 1. The first-order valence-corrected chi connectivity index (χ1v) is 8.36. The fraction of sp³-hybridized carbons (Fsp3) is 0.353. The molecule has 1 aliphatic rings. The van der Waals surface area contributed by atoms with Crippen LogP contribution >= 0.6 is 0 Å². The zero-order chi connectivity index (χ0) is 18.1. The molecule has 2 N–H and O–H groups in total. The first-order valence-electron chi connectivity index (χ1n) is 8.36. The van der Waals surface area contributed by atoms with Gasteiger partial charge in [0.2, 0.25) is 5.95 Å². The molecule has 134 valence electrons. The third-order valence-electron chi connectivity index (χ3n) is 4.62. The first kappa shape index (κ1) is 16.2. The van der Waals surface area contributed by atoms with E-state index in [1.54, 1.807) is 18.0 Å². The molecule has 3 aromatic rings. The average molecular weight is 354 g/mol. The van der Waals surface area contributed by atoms with Gasteiger partial charge in [0.25, 0.3) is 0 Å². The van der Waals surface area contributed by atoms with E-state index >= 15 is 0 Å². The van der Waals surface area contributed by atoms with E-state index in [0.717, 1.165) is 17.9 Å². The predicted molar refractivity (Wildman–Crippen MR) is 93.4 cm³/mol. The number of carbonyl (C=O) groups is 1. The van der Waals surface area contributed by atoms with Crippen molar-refractivity contribution in [2.24, 2.45) is 5.92 Å². The maximum Gasteiger partial charge on any atom is 0.306 e. The van der Waals surface area contributed by atoms with Crippen molar-refractivity contribution in [1.29, 1.82) is 0 Å². The Balaban J connectivity index is 1.59. The summed E-state index contributed by atoms with van der Waals surface area (Å²) < 4.78 is 6.81. The minimum absolute atomic E-state index is 0.0545. The number of nitrogens with one attached hydrogen (secondary N) is 1. The van der Waals surface area contributed by atoms with E-state index < -0.39 is 5.97 Å². The summed E-state index contributed by atoms with van der Waals surface area (Å²) in [6, 6.07) is 7.48. The van der Waals surface area contributed by atoms with Crippen LogP contribution in [0.2, 0.25) is 0 Å². The van der Waals surface area contributed by atoms with E-state index in [1.165, 1.54) is 0 Å². The van der Waals surface area contributed by atoms with Gasteiger partial charge in [-0.2, -0.15) is 9.67 Å². The summed E-state index contributed by atoms with van der Waals surface area (Å²) >= 11 is 0. The van der Waals surface area contributed by atoms with Gasteiger partial charge in [-0.15, -0.1) is 5.10 Å². The Bertz CT molecular complexity index is 939. The van der Waals surface area contributed by atoms with Crippen molar-refractivity contribution in [3.8, 4) is 11.4 Å². The molecule has 0 bridgehead atoms. The quantitative estimate of drug-likeness (QED) is 0.714. The van der Waals surface area contributed by atoms with E-state index in [2.05, 4.69) is 25.6 Å². The Labute approximate surface area is 149 Å². The van der Waals surface area contributed by atoms with Crippen LogP contribution in [-0.2, 0) is 4.79 Å². The van der Waals surface area contributed by atoms with Gasteiger partial charge in [-0.05, 0) is 43.5 Å². The smallest absolute Gasteiger partial charge is 0.306 e. The number of hydrogen-bond acceptors (Lipinski definition) is 7. The van der Waals surface area contributed by atoms with E-state index in [0.29, 0.717) is 30.0 Å². The molecule has 0 aliphatic heterocycles. The molecule has 0 saturated heterocycles. The van der Waals surface area contributed by atoms with Gasteiger partial charge < -0.3 is 15.2 Å². The molecule has 1 aliphatic carbocycles. The summed E-state index contributed by atoms with van der Waals surface area (Å²) in [6.45, 7) is 0. The zero-order valence-electron chi connectivity index (χ0n) is 14.2. The highest BCUT2D eigenvalue weighted by Gasteiger charge is 2.30. The van der Waals surface area contributed by atoms with Gasteiger partial charge in [0.15, 0.2) is 11.2 Å². The first-order chi connectivity index (χ1) is 12.6. The van der Waals surface area contributed by atoms with Crippen LogP contribution in [-0.4, -0.2) is 49.2 Å². The van der Waals surface area contributed by atoms with Gasteiger partial charge in [-0.3, -0.25) is 4.79 Å². The highest BCUT2D eigenvalue weighted by atomic mass is 16.5. The summed E-state index contributed by atoms with van der Waals surface area (Å²) in [4.78, 5) is 19.9. The van der Waals surface area contributed by atoms with Crippen molar-refractivity contribution in [3.63, 3.8) is 0 Å². The number of ether oxygens (including phenoxy) is 1. The summed E-state index contributed by atoms with van der Waals surface area (Å²) in [5.74, 6) is 0.158. The largest absolute Gasteiger partial charge is 0.497 e. The number of aromatic nitrogens is 5. The van der Waals surface area contributed by atoms with Crippen LogP contribution < -0.4 is 10.1 Å². The number of nitrogens with zero attached hydrogens (tertiary/aromatic N) is 5. The molecule has 9 nitrogen and oxygen atoms in total. The Kier molecular flexibility index (Phi) is 4.11. The van der Waals surface area contributed by atoms with Crippen molar-refractivity contribution < 1.29 is 14.6 Å². The van der Waals surface area contributed by atoms with Crippen LogP contribution in [0.3, 0.4) is 0 Å². The molecule has 0 radical (unpaired) electrons. The number of benzene rings is 1. The fourth-order valence-corrected chi connectivity index (χ4v) is 3.21. The van der Waals surface area contributed by atoms with Crippen LogP contribution in [0.1, 0.15) is 19.3 Å². The number of carboxylic acid groups (broad SMARTS) is 1. The fourth-order valence-electron chi connectivity index (χ4n) is 3.21. The van der Waals surface area contributed by atoms with Crippen LogP contribution in [0.4, 0.5) is 5.95 Å². The number of rotatable bonds is 5. The van der Waals surface area contributed by atoms with Crippen LogP contribution in [0, 0.1) is 5.92 Å². The lowest BCUT2D eigenvalue weighted by molar-refractivity contribution is -0.141. The Morgan fingerprint density at radius 2 is 2.12 bits per heavy atom. The SMILES string of the molecule is COc1ccc(-n2nnc3cnc(N[C@H]4CC[C@@H](C(=O)O)C4)nc32)cc1. The lowest BCUT2D eigenvalue weighted by Crippen LogP contribution is -2.19. The second-order valence-electron chi connectivity index (χ2n) is 6.29. The van der Waals surface area contributed by atoms with Crippen LogP contribution in [0.5, 0.6) is 5.75 Å². The van der Waals surface area contributed by atoms with E-state index in [1.807, 2.05) is 24.3 Å². The summed E-state index contributed by atoms with van der Waals surface area (Å²) in [5, 5.41) is 20.6. The van der Waals surface area contributed by atoms with Gasteiger partial charge in [-0.25, -0.2) is 4.98 Å². The van der Waals surface area contributed by atoms with Crippen LogP contribution in [0.25, 0.3) is 16.9 Å². The molecule has 2 heterocycles. The molecular weight excluding hydrogens is 336 g/mol. The highest BCUT2D eigenvalue weighted by Crippen LogP contribution is 2.28. The van der Waals surface area contributed by atoms with Crippen molar-refractivity contribution in [2.45, 2.75) is 25.3 Å². The third kappa shape index (κ3) is 3.03. The van der Waals surface area contributed by atoms with Gasteiger partial charge in [0.05, 0.1) is 24.9 Å². The molecule has 1 saturated carbocycles. The second kappa shape index (κ2) is 6.58. The van der Waals surface area contributed by atoms with Crippen molar-refractivity contribution in [1.82, 2.24) is 25.0 Å². The standard InChI is InChI=1S/C17H18N6O3/c1-26-13-6-4-12(5-7-13)23-15-14(21-22-23)9-18-17(20-15)19-11-3-2-10(8-11)16(24)25/h4-7,9-11H,2-3,8H2,1H3,(H,24,25)(H,18,19,20)/t10-,11+/m1/s1. The minimum atomic E-state index is -0.743. The molecule has 2 aromatic heterocycles. The lowest BCUT2D eigenvalue weighted by atomic mass is 10.1. The molecule has 0 unspecified atom stereocenters.